The van der Waals surface area contributed by atoms with Gasteiger partial charge < -0.3 is 14.8 Å². The molecule has 0 aromatic heterocycles. The first-order valence-corrected chi connectivity index (χ1v) is 7.86. The highest BCUT2D eigenvalue weighted by Crippen LogP contribution is 2.31. The largest absolute Gasteiger partial charge is 0.497 e. The zero-order valence-corrected chi connectivity index (χ0v) is 14.5. The summed E-state index contributed by atoms with van der Waals surface area (Å²) in [5.41, 5.74) is 1.52. The fraction of sp³-hybridized carbons (Fsp3) is 0.625. The van der Waals surface area contributed by atoms with Crippen molar-refractivity contribution in [3.8, 4) is 5.75 Å². The van der Waals surface area contributed by atoms with Crippen LogP contribution in [0.4, 0.5) is 0 Å². The molecule has 114 valence electrons. The SMILES string of the molecule is CCC(C)(CNCCOC)Cc1cc(OC)ccc1Br. The number of halogens is 1. The van der Waals surface area contributed by atoms with Crippen molar-refractivity contribution in [2.75, 3.05) is 33.9 Å². The zero-order valence-electron chi connectivity index (χ0n) is 13.0. The van der Waals surface area contributed by atoms with E-state index in [0.29, 0.717) is 0 Å². The van der Waals surface area contributed by atoms with Crippen molar-refractivity contribution >= 4 is 15.9 Å². The van der Waals surface area contributed by atoms with E-state index in [9.17, 15) is 0 Å². The van der Waals surface area contributed by atoms with Gasteiger partial charge in [-0.15, -0.1) is 0 Å². The topological polar surface area (TPSA) is 30.5 Å². The molecule has 0 saturated heterocycles. The van der Waals surface area contributed by atoms with Gasteiger partial charge in [0, 0.05) is 24.7 Å². The smallest absolute Gasteiger partial charge is 0.119 e. The molecule has 0 bridgehead atoms. The molecule has 1 atom stereocenters. The Morgan fingerprint density at radius 1 is 1.30 bits per heavy atom. The fourth-order valence-corrected chi connectivity index (χ4v) is 2.54. The van der Waals surface area contributed by atoms with Gasteiger partial charge in [-0.05, 0) is 42.0 Å². The van der Waals surface area contributed by atoms with Gasteiger partial charge in [-0.2, -0.15) is 0 Å². The molecule has 0 heterocycles. The third-order valence-corrected chi connectivity index (χ3v) is 4.53. The van der Waals surface area contributed by atoms with Crippen molar-refractivity contribution < 1.29 is 9.47 Å². The van der Waals surface area contributed by atoms with Crippen LogP contribution in [0.5, 0.6) is 5.75 Å². The van der Waals surface area contributed by atoms with Crippen molar-refractivity contribution in [1.29, 1.82) is 0 Å². The number of rotatable bonds is 9. The molecule has 0 amide bonds. The van der Waals surface area contributed by atoms with Crippen LogP contribution in [0.1, 0.15) is 25.8 Å². The van der Waals surface area contributed by atoms with Crippen LogP contribution in [0, 0.1) is 5.41 Å². The fourth-order valence-electron chi connectivity index (χ4n) is 2.15. The average Bonchev–Trinajstić information content (AvgIpc) is 2.46. The molecule has 0 aliphatic carbocycles. The Kier molecular flexibility index (Phi) is 7.56. The number of nitrogens with one attached hydrogen (secondary N) is 1. The molecule has 0 aliphatic heterocycles. The number of hydrogen-bond acceptors (Lipinski definition) is 3. The quantitative estimate of drug-likeness (QED) is 0.694. The van der Waals surface area contributed by atoms with Crippen LogP contribution in [0.2, 0.25) is 0 Å². The van der Waals surface area contributed by atoms with E-state index < -0.39 is 0 Å². The molecule has 20 heavy (non-hydrogen) atoms. The second-order valence-electron chi connectivity index (χ2n) is 5.47. The maximum Gasteiger partial charge on any atom is 0.119 e. The monoisotopic (exact) mass is 343 g/mol. The summed E-state index contributed by atoms with van der Waals surface area (Å²) in [6.45, 7) is 7.19. The van der Waals surface area contributed by atoms with Gasteiger partial charge in [-0.1, -0.05) is 29.8 Å². The second-order valence-corrected chi connectivity index (χ2v) is 6.32. The third kappa shape index (κ3) is 5.43. The Labute approximate surface area is 131 Å². The van der Waals surface area contributed by atoms with Crippen molar-refractivity contribution in [2.24, 2.45) is 5.41 Å². The highest BCUT2D eigenvalue weighted by atomic mass is 79.9. The summed E-state index contributed by atoms with van der Waals surface area (Å²) in [7, 11) is 3.44. The number of ether oxygens (including phenoxy) is 2. The predicted molar refractivity (Wildman–Crippen MR) is 87.5 cm³/mol. The first-order chi connectivity index (χ1) is 9.54. The lowest BCUT2D eigenvalue weighted by atomic mass is 9.81. The summed E-state index contributed by atoms with van der Waals surface area (Å²) in [6.07, 6.45) is 2.14. The Balaban J connectivity index is 2.70. The molecule has 0 spiro atoms. The summed E-state index contributed by atoms with van der Waals surface area (Å²) in [4.78, 5) is 0. The molecular formula is C16H26BrNO2. The third-order valence-electron chi connectivity index (χ3n) is 3.76. The van der Waals surface area contributed by atoms with E-state index in [1.807, 2.05) is 6.07 Å². The van der Waals surface area contributed by atoms with E-state index >= 15 is 0 Å². The molecule has 3 nitrogen and oxygen atoms in total. The van der Waals surface area contributed by atoms with Crippen LogP contribution in [-0.2, 0) is 11.2 Å². The Hall–Kier alpha value is -0.580. The molecule has 1 unspecified atom stereocenters. The summed E-state index contributed by atoms with van der Waals surface area (Å²) in [5.74, 6) is 0.911. The molecule has 0 aliphatic rings. The van der Waals surface area contributed by atoms with Crippen LogP contribution in [-0.4, -0.2) is 33.9 Å². The average molecular weight is 344 g/mol. The Bertz CT molecular complexity index is 411. The lowest BCUT2D eigenvalue weighted by Gasteiger charge is -2.29. The van der Waals surface area contributed by atoms with Gasteiger partial charge in [0.2, 0.25) is 0 Å². The lowest BCUT2D eigenvalue weighted by molar-refractivity contribution is 0.191. The predicted octanol–water partition coefficient (Wildman–Crippen LogP) is 3.65. The van der Waals surface area contributed by atoms with Crippen LogP contribution in [0.3, 0.4) is 0 Å². The second kappa shape index (κ2) is 8.65. The van der Waals surface area contributed by atoms with E-state index in [4.69, 9.17) is 9.47 Å². The maximum absolute atomic E-state index is 5.32. The minimum absolute atomic E-state index is 0.225. The summed E-state index contributed by atoms with van der Waals surface area (Å²) in [5, 5.41) is 3.47. The van der Waals surface area contributed by atoms with E-state index in [0.717, 1.165) is 42.8 Å². The summed E-state index contributed by atoms with van der Waals surface area (Å²) >= 11 is 3.64. The Morgan fingerprint density at radius 2 is 2.05 bits per heavy atom. The van der Waals surface area contributed by atoms with Crippen molar-refractivity contribution in [3.05, 3.63) is 28.2 Å². The van der Waals surface area contributed by atoms with Gasteiger partial charge in [-0.25, -0.2) is 0 Å². The van der Waals surface area contributed by atoms with Gasteiger partial charge in [0.05, 0.1) is 13.7 Å². The van der Waals surface area contributed by atoms with E-state index in [-0.39, 0.29) is 5.41 Å². The maximum atomic E-state index is 5.32. The van der Waals surface area contributed by atoms with Crippen LogP contribution in [0.15, 0.2) is 22.7 Å². The molecule has 1 rings (SSSR count). The van der Waals surface area contributed by atoms with Gasteiger partial charge in [0.15, 0.2) is 0 Å². The normalized spacial score (nSPS) is 14.1. The molecule has 1 aromatic rings. The van der Waals surface area contributed by atoms with Crippen LogP contribution in [0.25, 0.3) is 0 Å². The van der Waals surface area contributed by atoms with Gasteiger partial charge >= 0.3 is 0 Å². The zero-order chi connectivity index (χ0) is 15.0. The molecule has 0 fully saturated rings. The van der Waals surface area contributed by atoms with Crippen molar-refractivity contribution in [1.82, 2.24) is 5.32 Å². The van der Waals surface area contributed by atoms with Gasteiger partial charge in [-0.3, -0.25) is 0 Å². The van der Waals surface area contributed by atoms with Gasteiger partial charge in [0.25, 0.3) is 0 Å². The highest BCUT2D eigenvalue weighted by molar-refractivity contribution is 9.10. The molecule has 1 N–H and O–H groups in total. The summed E-state index contributed by atoms with van der Waals surface area (Å²) < 4.78 is 11.5. The summed E-state index contributed by atoms with van der Waals surface area (Å²) in [6, 6.07) is 6.16. The molecule has 4 heteroatoms. The number of benzene rings is 1. The Morgan fingerprint density at radius 3 is 2.65 bits per heavy atom. The first kappa shape index (κ1) is 17.5. The van der Waals surface area contributed by atoms with E-state index in [1.54, 1.807) is 14.2 Å². The minimum atomic E-state index is 0.225. The number of hydrogen-bond donors (Lipinski definition) is 1. The highest BCUT2D eigenvalue weighted by Gasteiger charge is 2.23. The molecular weight excluding hydrogens is 318 g/mol. The lowest BCUT2D eigenvalue weighted by Crippen LogP contribution is -2.35. The molecule has 0 saturated carbocycles. The standard InChI is InChI=1S/C16H26BrNO2/c1-5-16(2,12-18-8-9-19-3)11-13-10-14(20-4)6-7-15(13)17/h6-7,10,18H,5,8-9,11-12H2,1-4H3. The van der Waals surface area contributed by atoms with Crippen molar-refractivity contribution in [2.45, 2.75) is 26.7 Å². The van der Waals surface area contributed by atoms with Crippen molar-refractivity contribution in [3.63, 3.8) is 0 Å². The van der Waals surface area contributed by atoms with Crippen LogP contribution >= 0.6 is 15.9 Å². The van der Waals surface area contributed by atoms with Crippen LogP contribution < -0.4 is 10.1 Å². The first-order valence-electron chi connectivity index (χ1n) is 7.06. The molecule has 0 radical (unpaired) electrons. The van der Waals surface area contributed by atoms with E-state index in [2.05, 4.69) is 47.2 Å². The molecule has 1 aromatic carbocycles. The van der Waals surface area contributed by atoms with E-state index in [1.165, 1.54) is 5.56 Å². The minimum Gasteiger partial charge on any atom is -0.497 e. The number of methoxy groups -OCH3 is 2. The van der Waals surface area contributed by atoms with Gasteiger partial charge in [0.1, 0.15) is 5.75 Å².